The normalized spacial score (nSPS) is 26.7. The fraction of sp³-hybridized carbons (Fsp3) is 0.353. The van der Waals surface area contributed by atoms with Crippen LogP contribution in [0.2, 0.25) is 5.02 Å². The van der Waals surface area contributed by atoms with Crippen LogP contribution in [-0.2, 0) is 21.3 Å². The SMILES string of the molecule is Cc1cccc(NC(=O)c2cc(Cl)c(C34COCC3S(=O)N(C)C(N)=N4)s2)n1. The number of anilines is 1. The predicted octanol–water partition coefficient (Wildman–Crippen LogP) is 1.88. The molecule has 3 atom stereocenters. The Morgan fingerprint density at radius 3 is 3.07 bits per heavy atom. The lowest BCUT2D eigenvalue weighted by atomic mass is 9.96. The van der Waals surface area contributed by atoms with Gasteiger partial charge in [-0.25, -0.2) is 14.2 Å². The van der Waals surface area contributed by atoms with E-state index < -0.39 is 21.8 Å². The second-order valence-electron chi connectivity index (χ2n) is 6.58. The number of hydrogen-bond donors (Lipinski definition) is 2. The molecule has 0 saturated carbocycles. The van der Waals surface area contributed by atoms with Crippen LogP contribution < -0.4 is 11.1 Å². The molecule has 0 spiro atoms. The number of nitrogens with two attached hydrogens (primary N) is 1. The number of aromatic nitrogens is 1. The maximum absolute atomic E-state index is 12.8. The van der Waals surface area contributed by atoms with Crippen LogP contribution in [0, 0.1) is 6.92 Å². The van der Waals surface area contributed by atoms with E-state index in [4.69, 9.17) is 22.1 Å². The number of thiophene rings is 1. The number of nitrogens with zero attached hydrogens (tertiary/aromatic N) is 3. The van der Waals surface area contributed by atoms with E-state index in [-0.39, 0.29) is 25.1 Å². The van der Waals surface area contributed by atoms with Crippen molar-refractivity contribution in [2.75, 3.05) is 25.6 Å². The van der Waals surface area contributed by atoms with Crippen molar-refractivity contribution in [2.24, 2.45) is 10.7 Å². The topological polar surface area (TPSA) is 110 Å². The fourth-order valence-electron chi connectivity index (χ4n) is 3.27. The van der Waals surface area contributed by atoms with E-state index in [0.717, 1.165) is 5.69 Å². The second kappa shape index (κ2) is 7.11. The van der Waals surface area contributed by atoms with Crippen LogP contribution in [0.4, 0.5) is 5.82 Å². The van der Waals surface area contributed by atoms with E-state index in [1.807, 2.05) is 19.1 Å². The van der Waals surface area contributed by atoms with Crippen molar-refractivity contribution in [1.82, 2.24) is 9.29 Å². The summed E-state index contributed by atoms with van der Waals surface area (Å²) in [6.45, 7) is 2.33. The molecule has 11 heteroatoms. The maximum atomic E-state index is 12.8. The van der Waals surface area contributed by atoms with Crippen LogP contribution >= 0.6 is 22.9 Å². The molecule has 0 aliphatic carbocycles. The monoisotopic (exact) mass is 439 g/mol. The lowest BCUT2D eigenvalue weighted by Gasteiger charge is -2.36. The highest BCUT2D eigenvalue weighted by molar-refractivity contribution is 7.84. The zero-order chi connectivity index (χ0) is 20.1. The van der Waals surface area contributed by atoms with Gasteiger partial charge in [-0.15, -0.1) is 11.3 Å². The van der Waals surface area contributed by atoms with Gasteiger partial charge in [0.25, 0.3) is 5.91 Å². The fourth-order valence-corrected chi connectivity index (χ4v) is 6.31. The van der Waals surface area contributed by atoms with Crippen LogP contribution in [0.1, 0.15) is 20.2 Å². The number of pyridine rings is 1. The quantitative estimate of drug-likeness (QED) is 0.758. The predicted molar refractivity (Wildman–Crippen MR) is 110 cm³/mol. The lowest BCUT2D eigenvalue weighted by Crippen LogP contribution is -2.53. The molecule has 4 rings (SSSR count). The Bertz CT molecular complexity index is 1010. The van der Waals surface area contributed by atoms with Crippen molar-refractivity contribution in [2.45, 2.75) is 17.7 Å². The van der Waals surface area contributed by atoms with Crippen LogP contribution in [0.25, 0.3) is 0 Å². The number of aryl methyl sites for hydroxylation is 1. The van der Waals surface area contributed by atoms with E-state index in [9.17, 15) is 9.00 Å². The van der Waals surface area contributed by atoms with Gasteiger partial charge in [0.05, 0.1) is 28.0 Å². The number of ether oxygens (including phenoxy) is 1. The number of hydrogen-bond acceptors (Lipinski definition) is 7. The van der Waals surface area contributed by atoms with E-state index in [0.29, 0.717) is 20.6 Å². The van der Waals surface area contributed by atoms with Crippen LogP contribution in [-0.4, -0.2) is 50.9 Å². The van der Waals surface area contributed by atoms with Gasteiger partial charge < -0.3 is 15.8 Å². The van der Waals surface area contributed by atoms with Crippen molar-refractivity contribution >= 4 is 51.6 Å². The van der Waals surface area contributed by atoms with Crippen molar-refractivity contribution in [3.63, 3.8) is 0 Å². The average Bonchev–Trinajstić information content (AvgIpc) is 3.24. The Labute approximate surface area is 173 Å². The van der Waals surface area contributed by atoms with Crippen LogP contribution in [0.15, 0.2) is 29.3 Å². The van der Waals surface area contributed by atoms with Gasteiger partial charge in [0.1, 0.15) is 27.6 Å². The number of halogens is 1. The summed E-state index contributed by atoms with van der Waals surface area (Å²) >= 11 is 7.68. The zero-order valence-corrected chi connectivity index (χ0v) is 17.5. The first-order valence-corrected chi connectivity index (χ1v) is 10.8. The number of carbonyl (C=O) groups is 1. The molecule has 2 aromatic heterocycles. The second-order valence-corrected chi connectivity index (χ2v) is 9.71. The number of guanidine groups is 1. The molecule has 4 heterocycles. The molecule has 1 amide bonds. The summed E-state index contributed by atoms with van der Waals surface area (Å²) in [5.41, 5.74) is 5.82. The van der Waals surface area contributed by atoms with Gasteiger partial charge in [-0.2, -0.15) is 0 Å². The maximum Gasteiger partial charge on any atom is 0.266 e. The van der Waals surface area contributed by atoms with Crippen molar-refractivity contribution in [1.29, 1.82) is 0 Å². The molecular formula is C17H18ClN5O3S2. The highest BCUT2D eigenvalue weighted by Gasteiger charge is 2.55. The minimum Gasteiger partial charge on any atom is -0.377 e. The molecule has 8 nitrogen and oxygen atoms in total. The van der Waals surface area contributed by atoms with Gasteiger partial charge in [-0.05, 0) is 25.1 Å². The van der Waals surface area contributed by atoms with Crippen molar-refractivity contribution < 1.29 is 13.7 Å². The highest BCUT2D eigenvalue weighted by atomic mass is 35.5. The molecule has 2 aromatic rings. The van der Waals surface area contributed by atoms with Crippen molar-refractivity contribution in [3.05, 3.63) is 44.7 Å². The first-order chi connectivity index (χ1) is 13.3. The van der Waals surface area contributed by atoms with E-state index >= 15 is 0 Å². The average molecular weight is 440 g/mol. The van der Waals surface area contributed by atoms with Gasteiger partial charge >= 0.3 is 0 Å². The van der Waals surface area contributed by atoms with Gasteiger partial charge in [-0.1, -0.05) is 17.7 Å². The molecule has 28 heavy (non-hydrogen) atoms. The smallest absolute Gasteiger partial charge is 0.266 e. The minimum atomic E-state index is -1.41. The molecular weight excluding hydrogens is 422 g/mol. The summed E-state index contributed by atoms with van der Waals surface area (Å²) in [5.74, 6) is 0.285. The molecule has 0 radical (unpaired) electrons. The first kappa shape index (κ1) is 19.3. The molecule has 2 aliphatic rings. The summed E-state index contributed by atoms with van der Waals surface area (Å²) in [4.78, 5) is 22.6. The Morgan fingerprint density at radius 1 is 1.54 bits per heavy atom. The largest absolute Gasteiger partial charge is 0.377 e. The number of aliphatic imine (C=N–C) groups is 1. The van der Waals surface area contributed by atoms with Gasteiger partial charge in [0.15, 0.2) is 0 Å². The molecule has 0 aromatic carbocycles. The molecule has 1 fully saturated rings. The summed E-state index contributed by atoms with van der Waals surface area (Å²) in [5, 5.41) is 2.72. The third kappa shape index (κ3) is 3.10. The summed E-state index contributed by atoms with van der Waals surface area (Å²) in [6.07, 6.45) is 0. The number of fused-ring (bicyclic) bond motifs is 1. The minimum absolute atomic E-state index is 0.152. The number of carbonyl (C=O) groups excluding carboxylic acids is 1. The highest BCUT2D eigenvalue weighted by Crippen LogP contribution is 2.47. The molecule has 3 N–H and O–H groups in total. The Balaban J connectivity index is 1.69. The lowest BCUT2D eigenvalue weighted by molar-refractivity contribution is 0.103. The van der Waals surface area contributed by atoms with Gasteiger partial charge in [0, 0.05) is 12.7 Å². The summed E-state index contributed by atoms with van der Waals surface area (Å²) in [6, 6.07) is 6.96. The molecule has 1 saturated heterocycles. The zero-order valence-electron chi connectivity index (χ0n) is 15.1. The molecule has 148 valence electrons. The Morgan fingerprint density at radius 2 is 2.32 bits per heavy atom. The summed E-state index contributed by atoms with van der Waals surface area (Å²) < 4.78 is 19.8. The third-order valence-electron chi connectivity index (χ3n) is 4.71. The molecule has 3 unspecified atom stereocenters. The first-order valence-electron chi connectivity index (χ1n) is 8.44. The van der Waals surface area contributed by atoms with Crippen LogP contribution in [0.3, 0.4) is 0 Å². The number of amides is 1. The van der Waals surface area contributed by atoms with Crippen LogP contribution in [0.5, 0.6) is 0 Å². The standard InChI is InChI=1S/C17H18ClN5O3S2/c1-9-4-3-5-13(20-9)21-15(24)11-6-10(18)14(27-11)17-8-26-7-12(17)28(25)23(2)16(19)22-17/h3-6,12H,7-8H2,1-2H3,(H2,19,22)(H,20,21,24). The van der Waals surface area contributed by atoms with Crippen molar-refractivity contribution in [3.8, 4) is 0 Å². The summed E-state index contributed by atoms with van der Waals surface area (Å²) in [7, 11) is 0.212. The molecule has 2 aliphatic heterocycles. The number of rotatable bonds is 3. The van der Waals surface area contributed by atoms with E-state index in [1.54, 1.807) is 19.2 Å². The third-order valence-corrected chi connectivity index (χ3v) is 8.16. The van der Waals surface area contributed by atoms with Gasteiger partial charge in [-0.3, -0.25) is 9.10 Å². The Kier molecular flexibility index (Phi) is 4.90. The number of nitrogens with one attached hydrogen (secondary N) is 1. The van der Waals surface area contributed by atoms with E-state index in [1.165, 1.54) is 15.6 Å². The molecule has 0 bridgehead atoms. The van der Waals surface area contributed by atoms with Gasteiger partial charge in [0.2, 0.25) is 5.96 Å². The Hall–Kier alpha value is -2.01. The van der Waals surface area contributed by atoms with E-state index in [2.05, 4.69) is 15.3 Å².